The molecule has 0 aliphatic heterocycles. The van der Waals surface area contributed by atoms with E-state index >= 15 is 0 Å². The van der Waals surface area contributed by atoms with Crippen LogP contribution in [0.4, 0.5) is 0 Å². The third kappa shape index (κ3) is 9.66. The van der Waals surface area contributed by atoms with Gasteiger partial charge in [0.05, 0.1) is 0 Å². The van der Waals surface area contributed by atoms with Crippen LogP contribution >= 0.6 is 10.1 Å². The van der Waals surface area contributed by atoms with Crippen molar-refractivity contribution in [2.45, 2.75) is 0 Å². The van der Waals surface area contributed by atoms with Crippen molar-refractivity contribution in [3.8, 4) is 0 Å². The SMILES string of the molecule is [O]=[Zr].[S]=[Zn]. The molecule has 0 heterocycles. The standard InChI is InChI=1S/O.S.Zn.Zr. The van der Waals surface area contributed by atoms with Crippen LogP contribution in [0.15, 0.2) is 0 Å². The van der Waals surface area contributed by atoms with E-state index in [0.29, 0.717) is 24.7 Å². The first-order valence-electron chi connectivity index (χ1n) is 0.493. The van der Waals surface area contributed by atoms with E-state index in [4.69, 9.17) is 2.81 Å². The van der Waals surface area contributed by atoms with Crippen molar-refractivity contribution in [3.05, 3.63) is 0 Å². The molecule has 0 fully saturated rings. The zero-order valence-corrected chi connectivity index (χ0v) is 8.27. The maximum absolute atomic E-state index is 8.34. The molecule has 0 radical (unpaired) electrons. The molecule has 0 aromatic rings. The van der Waals surface area contributed by atoms with Crippen LogP contribution in [0.25, 0.3) is 0 Å². The zero-order chi connectivity index (χ0) is 4.00. The van der Waals surface area contributed by atoms with Crippen molar-refractivity contribution in [1.29, 1.82) is 0 Å². The molecule has 0 aromatic heterocycles. The van der Waals surface area contributed by atoms with Crippen molar-refractivity contribution in [3.63, 3.8) is 0 Å². The molecule has 0 saturated heterocycles. The zero-order valence-electron chi connectivity index (χ0n) is 2.02. The van der Waals surface area contributed by atoms with Gasteiger partial charge in [0.15, 0.2) is 0 Å². The minimum absolute atomic E-state index is 0.300. The summed E-state index contributed by atoms with van der Waals surface area (Å²) in [6.45, 7) is 0. The Morgan fingerprint density at radius 2 is 1.50 bits per heavy atom. The van der Waals surface area contributed by atoms with Crippen LogP contribution in [-0.4, -0.2) is 0 Å². The first-order chi connectivity index (χ1) is 2.00. The van der Waals surface area contributed by atoms with Crippen LogP contribution in [0.5, 0.6) is 0 Å². The third-order valence-corrected chi connectivity index (χ3v) is 0. The van der Waals surface area contributed by atoms with Crippen molar-refractivity contribution in [2.75, 3.05) is 0 Å². The Bertz CT molecular complexity index is 10.0. The molecular formula is OSZnZr. The molecule has 0 aliphatic carbocycles. The molecule has 0 aliphatic rings. The summed E-state index contributed by atoms with van der Waals surface area (Å²) in [5.41, 5.74) is 0. The van der Waals surface area contributed by atoms with E-state index in [2.05, 4.69) is 10.1 Å². The molecule has 0 spiro atoms. The molecule has 0 atom stereocenters. The van der Waals surface area contributed by atoms with E-state index in [-0.39, 0.29) is 0 Å². The van der Waals surface area contributed by atoms with Gasteiger partial charge in [0.2, 0.25) is 0 Å². The third-order valence-electron chi connectivity index (χ3n) is 0. The first-order valence-corrected chi connectivity index (χ1v) is 5.71. The van der Waals surface area contributed by atoms with Crippen LogP contribution in [0.2, 0.25) is 0 Å². The van der Waals surface area contributed by atoms with Crippen molar-refractivity contribution < 1.29 is 44.1 Å². The molecule has 1 nitrogen and oxygen atoms in total. The molecule has 4 heavy (non-hydrogen) atoms. The molecule has 0 unspecified atom stereocenters. The summed E-state index contributed by atoms with van der Waals surface area (Å²) < 4.78 is 8.34. The van der Waals surface area contributed by atoms with Crippen molar-refractivity contribution >= 4 is 10.1 Å². The van der Waals surface area contributed by atoms with Gasteiger partial charge < -0.3 is 0 Å². The second-order valence-corrected chi connectivity index (χ2v) is 0. The van der Waals surface area contributed by atoms with Crippen LogP contribution in [0.1, 0.15) is 0 Å². The second-order valence-electron chi connectivity index (χ2n) is 0. The summed E-state index contributed by atoms with van der Waals surface area (Å²) in [5.74, 6) is 0. The van der Waals surface area contributed by atoms with Gasteiger partial charge in [-0.1, -0.05) is 0 Å². The Balaban J connectivity index is 0. The van der Waals surface area contributed by atoms with Gasteiger partial charge in [-0.25, -0.2) is 0 Å². The number of hydrogen-bond acceptors (Lipinski definition) is 2. The fourth-order valence-corrected chi connectivity index (χ4v) is 0. The predicted octanol–water partition coefficient (Wildman–Crippen LogP) is 0.524. The van der Waals surface area contributed by atoms with Crippen LogP contribution in [0, 0.1) is 0 Å². The summed E-state index contributed by atoms with van der Waals surface area (Å²) in [4.78, 5) is 0. The molecule has 18 valence electrons. The van der Waals surface area contributed by atoms with Gasteiger partial charge in [-0.15, -0.1) is 0 Å². The average molecular weight is 205 g/mol. The number of rotatable bonds is 0. The van der Waals surface area contributed by atoms with E-state index in [0.717, 1.165) is 16.6 Å². The summed E-state index contributed by atoms with van der Waals surface area (Å²) in [5, 5.41) is 0. The summed E-state index contributed by atoms with van der Waals surface area (Å²) in [6, 6.07) is 0. The molecule has 4 heteroatoms. The van der Waals surface area contributed by atoms with Crippen molar-refractivity contribution in [2.24, 2.45) is 0 Å². The summed E-state index contributed by atoms with van der Waals surface area (Å²) in [7, 11) is 4.21. The second kappa shape index (κ2) is 24.2. The number of hydrogen-bond donors (Lipinski definition) is 0. The van der Waals surface area contributed by atoms with Gasteiger partial charge >= 0.3 is 54.2 Å². The van der Waals surface area contributed by atoms with E-state index in [1.54, 1.807) is 0 Å². The predicted molar refractivity (Wildman–Crippen MR) is 8.28 cm³/mol. The quantitative estimate of drug-likeness (QED) is 0.536. The fraction of sp³-hybridized carbons (Fsp3) is 0. The molecule has 0 bridgehead atoms. The van der Waals surface area contributed by atoms with E-state index in [9.17, 15) is 0 Å². The van der Waals surface area contributed by atoms with Crippen LogP contribution in [0.3, 0.4) is 0 Å². The van der Waals surface area contributed by atoms with Gasteiger partial charge in [0.1, 0.15) is 0 Å². The average Bonchev–Trinajstić information content (AvgIpc) is 1.50. The van der Waals surface area contributed by atoms with Gasteiger partial charge in [0.25, 0.3) is 0 Å². The monoisotopic (exact) mass is 202 g/mol. The Kier molecular flexibility index (Phi) is 55.0. The van der Waals surface area contributed by atoms with Gasteiger partial charge in [-0.05, 0) is 0 Å². The Morgan fingerprint density at radius 1 is 1.50 bits per heavy atom. The van der Waals surface area contributed by atoms with Crippen LogP contribution < -0.4 is 0 Å². The fourth-order valence-electron chi connectivity index (χ4n) is 0. The van der Waals surface area contributed by atoms with Gasteiger partial charge in [-0.3, -0.25) is 0 Å². The van der Waals surface area contributed by atoms with Gasteiger partial charge in [0, 0.05) is 0 Å². The topological polar surface area (TPSA) is 17.1 Å². The minimum atomic E-state index is 0.300. The summed E-state index contributed by atoms with van der Waals surface area (Å²) in [6.07, 6.45) is 0. The van der Waals surface area contributed by atoms with Gasteiger partial charge in [-0.2, -0.15) is 0 Å². The molecular weight excluding hydrogens is 205 g/mol. The van der Waals surface area contributed by atoms with Crippen molar-refractivity contribution in [1.82, 2.24) is 0 Å². The molecule has 0 amide bonds. The normalized spacial score (nSPS) is 2.25. The maximum atomic E-state index is 8.34. The Labute approximate surface area is 53.7 Å². The molecule has 0 rings (SSSR count). The summed E-state index contributed by atoms with van der Waals surface area (Å²) >= 11 is 1.26. The van der Waals surface area contributed by atoms with E-state index in [1.165, 1.54) is 0 Å². The molecule has 0 N–H and O–H groups in total. The van der Waals surface area contributed by atoms with E-state index < -0.39 is 0 Å². The molecule has 0 aromatic carbocycles. The first kappa shape index (κ1) is 9.11. The van der Waals surface area contributed by atoms with Crippen LogP contribution in [-0.2, 0) is 44.1 Å². The molecule has 0 saturated carbocycles. The Morgan fingerprint density at radius 3 is 1.50 bits per heavy atom. The van der Waals surface area contributed by atoms with E-state index in [1.807, 2.05) is 0 Å². The Hall–Kier alpha value is 1.53.